The minimum Gasteiger partial charge on any atom is -0.388 e. The van der Waals surface area contributed by atoms with Crippen molar-refractivity contribution in [3.63, 3.8) is 0 Å². The third-order valence-corrected chi connectivity index (χ3v) is 3.27. The average Bonchev–Trinajstić information content (AvgIpc) is 2.38. The lowest BCUT2D eigenvalue weighted by molar-refractivity contribution is 0.453. The Kier molecular flexibility index (Phi) is 5.03. The van der Waals surface area contributed by atoms with Crippen LogP contribution in [-0.4, -0.2) is 7.05 Å². The maximum absolute atomic E-state index is 9.59. The maximum Gasteiger partial charge on any atom is 0.0823 e. The van der Waals surface area contributed by atoms with Crippen molar-refractivity contribution in [2.24, 2.45) is 0 Å². The highest BCUT2D eigenvalue weighted by atomic mass is 14.8. The van der Waals surface area contributed by atoms with Crippen LogP contribution < -0.4 is 5.32 Å². The van der Waals surface area contributed by atoms with Crippen LogP contribution in [0, 0.1) is 11.3 Å². The standard InChI is InChI=1S/C15H22N2/c1-4-9-15(12-16,10-5-2)13-7-6-8-14(11-13)17-3/h6-8,11,17H,4-5,9-10H2,1-3H3. The third kappa shape index (κ3) is 3.00. The molecule has 1 aromatic rings. The monoisotopic (exact) mass is 230 g/mol. The van der Waals surface area contributed by atoms with Crippen LogP contribution in [0.3, 0.4) is 0 Å². The number of rotatable bonds is 6. The third-order valence-electron chi connectivity index (χ3n) is 3.27. The van der Waals surface area contributed by atoms with Crippen molar-refractivity contribution in [3.8, 4) is 6.07 Å². The molecule has 0 saturated carbocycles. The van der Waals surface area contributed by atoms with Crippen LogP contribution in [-0.2, 0) is 5.41 Å². The van der Waals surface area contributed by atoms with Crippen molar-refractivity contribution in [2.75, 3.05) is 12.4 Å². The molecule has 0 amide bonds. The first-order chi connectivity index (χ1) is 8.22. The highest BCUT2D eigenvalue weighted by Crippen LogP contribution is 2.34. The SMILES string of the molecule is CCCC(C#N)(CCC)c1cccc(NC)c1. The van der Waals surface area contributed by atoms with E-state index < -0.39 is 0 Å². The highest BCUT2D eigenvalue weighted by molar-refractivity contribution is 5.48. The molecule has 17 heavy (non-hydrogen) atoms. The van der Waals surface area contributed by atoms with Crippen LogP contribution in [0.1, 0.15) is 45.1 Å². The van der Waals surface area contributed by atoms with Crippen LogP contribution >= 0.6 is 0 Å². The smallest absolute Gasteiger partial charge is 0.0823 e. The molecule has 0 bridgehead atoms. The fraction of sp³-hybridized carbons (Fsp3) is 0.533. The van der Waals surface area contributed by atoms with Gasteiger partial charge in [0.05, 0.1) is 11.5 Å². The second kappa shape index (κ2) is 6.30. The molecule has 0 unspecified atom stereocenters. The van der Waals surface area contributed by atoms with Crippen LogP contribution in [0.5, 0.6) is 0 Å². The lowest BCUT2D eigenvalue weighted by atomic mass is 9.74. The zero-order valence-electron chi connectivity index (χ0n) is 11.1. The Labute approximate surface area is 105 Å². The zero-order valence-corrected chi connectivity index (χ0v) is 11.1. The van der Waals surface area contributed by atoms with Gasteiger partial charge in [0, 0.05) is 12.7 Å². The van der Waals surface area contributed by atoms with Gasteiger partial charge in [-0.25, -0.2) is 0 Å². The summed E-state index contributed by atoms with van der Waals surface area (Å²) in [5.41, 5.74) is 1.92. The van der Waals surface area contributed by atoms with Gasteiger partial charge in [-0.05, 0) is 30.5 Å². The molecule has 2 heteroatoms. The highest BCUT2D eigenvalue weighted by Gasteiger charge is 2.30. The molecular weight excluding hydrogens is 208 g/mol. The summed E-state index contributed by atoms with van der Waals surface area (Å²) in [7, 11) is 1.91. The molecule has 0 radical (unpaired) electrons. The van der Waals surface area contributed by atoms with E-state index in [2.05, 4.69) is 37.4 Å². The molecule has 1 N–H and O–H groups in total. The molecule has 1 aromatic carbocycles. The van der Waals surface area contributed by atoms with Crippen LogP contribution in [0.4, 0.5) is 5.69 Å². The van der Waals surface area contributed by atoms with Crippen molar-refractivity contribution in [3.05, 3.63) is 29.8 Å². The Morgan fingerprint density at radius 3 is 2.35 bits per heavy atom. The van der Waals surface area contributed by atoms with Crippen molar-refractivity contribution >= 4 is 5.69 Å². The Hall–Kier alpha value is -1.49. The topological polar surface area (TPSA) is 35.8 Å². The quantitative estimate of drug-likeness (QED) is 0.799. The predicted octanol–water partition coefficient (Wildman–Crippen LogP) is 4.09. The van der Waals surface area contributed by atoms with Gasteiger partial charge in [0.15, 0.2) is 0 Å². The lowest BCUT2D eigenvalue weighted by Gasteiger charge is -2.26. The number of nitriles is 1. The van der Waals surface area contributed by atoms with Gasteiger partial charge >= 0.3 is 0 Å². The predicted molar refractivity (Wildman–Crippen MR) is 73.1 cm³/mol. The first-order valence-corrected chi connectivity index (χ1v) is 6.42. The first-order valence-electron chi connectivity index (χ1n) is 6.42. The molecule has 0 aromatic heterocycles. The molecule has 1 rings (SSSR count). The number of anilines is 1. The fourth-order valence-corrected chi connectivity index (χ4v) is 2.42. The van der Waals surface area contributed by atoms with Crippen molar-refractivity contribution in [1.29, 1.82) is 5.26 Å². The maximum atomic E-state index is 9.59. The summed E-state index contributed by atoms with van der Waals surface area (Å²) in [4.78, 5) is 0. The second-order valence-corrected chi connectivity index (χ2v) is 4.52. The zero-order chi connectivity index (χ0) is 12.7. The minimum absolute atomic E-state index is 0.309. The van der Waals surface area contributed by atoms with Crippen LogP contribution in [0.15, 0.2) is 24.3 Å². The summed E-state index contributed by atoms with van der Waals surface area (Å²) in [6, 6.07) is 10.8. The number of hydrogen-bond donors (Lipinski definition) is 1. The number of hydrogen-bond acceptors (Lipinski definition) is 2. The van der Waals surface area contributed by atoms with Gasteiger partial charge in [0.2, 0.25) is 0 Å². The fourth-order valence-electron chi connectivity index (χ4n) is 2.42. The molecule has 2 nitrogen and oxygen atoms in total. The van der Waals surface area contributed by atoms with Gasteiger partial charge in [-0.2, -0.15) is 5.26 Å². The first kappa shape index (κ1) is 13.6. The molecule has 0 saturated heterocycles. The van der Waals surface area contributed by atoms with Crippen molar-refractivity contribution in [2.45, 2.75) is 44.9 Å². The van der Waals surface area contributed by atoms with E-state index in [4.69, 9.17) is 0 Å². The lowest BCUT2D eigenvalue weighted by Crippen LogP contribution is -2.23. The normalized spacial score (nSPS) is 10.9. The van der Waals surface area contributed by atoms with Crippen LogP contribution in [0.2, 0.25) is 0 Å². The number of nitrogens with zero attached hydrogens (tertiary/aromatic N) is 1. The average molecular weight is 230 g/mol. The van der Waals surface area contributed by atoms with E-state index in [0.717, 1.165) is 36.9 Å². The molecule has 0 fully saturated rings. The van der Waals surface area contributed by atoms with Gasteiger partial charge in [0.1, 0.15) is 0 Å². The summed E-state index contributed by atoms with van der Waals surface area (Å²) in [6.45, 7) is 4.29. The molecule has 0 aliphatic carbocycles. The summed E-state index contributed by atoms with van der Waals surface area (Å²) in [5, 5.41) is 12.7. The molecular formula is C15H22N2. The van der Waals surface area contributed by atoms with Gasteiger partial charge in [-0.1, -0.05) is 38.8 Å². The van der Waals surface area contributed by atoms with Gasteiger partial charge in [-0.3, -0.25) is 0 Å². The molecule has 0 aliphatic heterocycles. The van der Waals surface area contributed by atoms with E-state index in [1.807, 2.05) is 19.2 Å². The number of benzene rings is 1. The van der Waals surface area contributed by atoms with E-state index in [1.54, 1.807) is 0 Å². The van der Waals surface area contributed by atoms with Crippen molar-refractivity contribution < 1.29 is 0 Å². The largest absolute Gasteiger partial charge is 0.388 e. The second-order valence-electron chi connectivity index (χ2n) is 4.52. The van der Waals surface area contributed by atoms with Crippen LogP contribution in [0.25, 0.3) is 0 Å². The van der Waals surface area contributed by atoms with E-state index in [-0.39, 0.29) is 5.41 Å². The Morgan fingerprint density at radius 1 is 1.24 bits per heavy atom. The van der Waals surface area contributed by atoms with E-state index >= 15 is 0 Å². The van der Waals surface area contributed by atoms with Gasteiger partial charge in [-0.15, -0.1) is 0 Å². The van der Waals surface area contributed by atoms with E-state index in [9.17, 15) is 5.26 Å². The van der Waals surface area contributed by atoms with Gasteiger partial charge < -0.3 is 5.32 Å². The van der Waals surface area contributed by atoms with Crippen molar-refractivity contribution in [1.82, 2.24) is 0 Å². The molecule has 92 valence electrons. The Balaban J connectivity index is 3.15. The number of nitrogens with one attached hydrogen (secondary N) is 1. The summed E-state index contributed by atoms with van der Waals surface area (Å²) >= 11 is 0. The summed E-state index contributed by atoms with van der Waals surface area (Å²) in [5.74, 6) is 0. The Morgan fingerprint density at radius 2 is 1.88 bits per heavy atom. The molecule has 0 spiro atoms. The summed E-state index contributed by atoms with van der Waals surface area (Å²) < 4.78 is 0. The van der Waals surface area contributed by atoms with E-state index in [0.29, 0.717) is 0 Å². The van der Waals surface area contributed by atoms with Gasteiger partial charge in [0.25, 0.3) is 0 Å². The molecule has 0 heterocycles. The van der Waals surface area contributed by atoms with E-state index in [1.165, 1.54) is 0 Å². The molecule has 0 aliphatic rings. The Bertz CT molecular complexity index is 384. The minimum atomic E-state index is -0.309. The summed E-state index contributed by atoms with van der Waals surface area (Å²) in [6.07, 6.45) is 3.95. The molecule has 0 atom stereocenters.